The van der Waals surface area contributed by atoms with Gasteiger partial charge >= 0.3 is 0 Å². The van der Waals surface area contributed by atoms with Gasteiger partial charge < -0.3 is 10.8 Å². The molecular formula is C8H9NO2. The molecule has 3 nitrogen and oxygen atoms in total. The maximum Gasteiger partial charge on any atom is 0.150 e. The molecule has 0 aliphatic carbocycles. The predicted molar refractivity (Wildman–Crippen MR) is 41.4 cm³/mol. The third kappa shape index (κ3) is 1.56. The Labute approximate surface area is 64.5 Å². The van der Waals surface area contributed by atoms with Gasteiger partial charge in [0.1, 0.15) is 12.0 Å². The van der Waals surface area contributed by atoms with Crippen LogP contribution in [0.5, 0.6) is 5.75 Å². The zero-order valence-corrected chi connectivity index (χ0v) is 5.95. The average Bonchev–Trinajstić information content (AvgIpc) is 2.04. The summed E-state index contributed by atoms with van der Waals surface area (Å²) in [6.07, 6.45) is 0.724. The van der Waals surface area contributed by atoms with Gasteiger partial charge in [0.2, 0.25) is 0 Å². The molecule has 0 radical (unpaired) electrons. The van der Waals surface area contributed by atoms with Gasteiger partial charge in [-0.2, -0.15) is 0 Å². The molecule has 0 heterocycles. The minimum atomic E-state index is 0.135. The molecule has 1 rings (SSSR count). The molecule has 3 N–H and O–H groups in total. The molecule has 0 aliphatic heterocycles. The average molecular weight is 151 g/mol. The number of carbonyl (C=O) groups is 1. The highest BCUT2D eigenvalue weighted by Gasteiger charge is 1.99. The first kappa shape index (κ1) is 7.75. The van der Waals surface area contributed by atoms with Gasteiger partial charge in [-0.3, -0.25) is 4.79 Å². The third-order valence-electron chi connectivity index (χ3n) is 1.47. The predicted octanol–water partition coefficient (Wildman–Crippen LogP) is 0.663. The van der Waals surface area contributed by atoms with Crippen LogP contribution in [0, 0.1) is 0 Å². The minimum absolute atomic E-state index is 0.135. The molecular weight excluding hydrogens is 142 g/mol. The first-order valence-electron chi connectivity index (χ1n) is 3.25. The fourth-order valence-corrected chi connectivity index (χ4v) is 0.884. The van der Waals surface area contributed by atoms with Crippen LogP contribution in [0.3, 0.4) is 0 Å². The van der Waals surface area contributed by atoms with Gasteiger partial charge in [-0.15, -0.1) is 0 Å². The van der Waals surface area contributed by atoms with E-state index in [2.05, 4.69) is 0 Å². The van der Waals surface area contributed by atoms with E-state index in [4.69, 9.17) is 10.8 Å². The first-order valence-corrected chi connectivity index (χ1v) is 3.25. The monoisotopic (exact) mass is 151 g/mol. The molecule has 11 heavy (non-hydrogen) atoms. The lowest BCUT2D eigenvalue weighted by molar-refractivity contribution is 0.112. The molecule has 0 fully saturated rings. The standard InChI is InChI=1S/C8H9NO2/c9-4-7-3-8(11)2-1-6(7)5-10/h1-3,5,11H,4,9H2. The quantitative estimate of drug-likeness (QED) is 0.610. The van der Waals surface area contributed by atoms with Crippen molar-refractivity contribution in [3.8, 4) is 5.75 Å². The van der Waals surface area contributed by atoms with Crippen molar-refractivity contribution < 1.29 is 9.90 Å². The van der Waals surface area contributed by atoms with Gasteiger partial charge in [-0.05, 0) is 23.8 Å². The molecule has 0 amide bonds. The Hall–Kier alpha value is -1.35. The van der Waals surface area contributed by atoms with Gasteiger partial charge in [0.25, 0.3) is 0 Å². The molecule has 0 aliphatic rings. The van der Waals surface area contributed by atoms with Crippen molar-refractivity contribution in [3.05, 3.63) is 29.3 Å². The van der Waals surface area contributed by atoms with Crippen LogP contribution in [0.25, 0.3) is 0 Å². The minimum Gasteiger partial charge on any atom is -0.508 e. The van der Waals surface area contributed by atoms with Crippen molar-refractivity contribution in [3.63, 3.8) is 0 Å². The van der Waals surface area contributed by atoms with Crippen LogP contribution in [0.2, 0.25) is 0 Å². The van der Waals surface area contributed by atoms with Crippen molar-refractivity contribution in [2.24, 2.45) is 5.73 Å². The van der Waals surface area contributed by atoms with Crippen molar-refractivity contribution in [1.82, 2.24) is 0 Å². The molecule has 0 unspecified atom stereocenters. The van der Waals surface area contributed by atoms with Gasteiger partial charge in [-0.1, -0.05) is 0 Å². The molecule has 0 bridgehead atoms. The number of hydrogen-bond donors (Lipinski definition) is 2. The van der Waals surface area contributed by atoms with Gasteiger partial charge in [-0.25, -0.2) is 0 Å². The number of rotatable bonds is 2. The van der Waals surface area contributed by atoms with Crippen LogP contribution in [-0.4, -0.2) is 11.4 Å². The molecule has 0 atom stereocenters. The normalized spacial score (nSPS) is 9.55. The Kier molecular flexibility index (Phi) is 2.23. The second-order valence-electron chi connectivity index (χ2n) is 2.21. The Morgan fingerprint density at radius 1 is 1.55 bits per heavy atom. The lowest BCUT2D eigenvalue weighted by atomic mass is 10.1. The smallest absolute Gasteiger partial charge is 0.150 e. The number of nitrogens with two attached hydrogens (primary N) is 1. The second kappa shape index (κ2) is 3.16. The summed E-state index contributed by atoms with van der Waals surface area (Å²) in [6, 6.07) is 4.50. The van der Waals surface area contributed by atoms with E-state index in [1.165, 1.54) is 12.1 Å². The number of phenolic OH excluding ortho intramolecular Hbond substituents is 1. The topological polar surface area (TPSA) is 63.3 Å². The van der Waals surface area contributed by atoms with Crippen LogP contribution in [0.1, 0.15) is 15.9 Å². The fraction of sp³-hybridized carbons (Fsp3) is 0.125. The van der Waals surface area contributed by atoms with E-state index in [9.17, 15) is 4.79 Å². The third-order valence-corrected chi connectivity index (χ3v) is 1.47. The van der Waals surface area contributed by atoms with Crippen LogP contribution in [0.4, 0.5) is 0 Å². The van der Waals surface area contributed by atoms with E-state index < -0.39 is 0 Å². The summed E-state index contributed by atoms with van der Waals surface area (Å²) in [5, 5.41) is 8.99. The molecule has 0 aromatic heterocycles. The highest BCUT2D eigenvalue weighted by molar-refractivity contribution is 5.77. The zero-order valence-electron chi connectivity index (χ0n) is 5.95. The molecule has 0 spiro atoms. The summed E-state index contributed by atoms with van der Waals surface area (Å²) < 4.78 is 0. The van der Waals surface area contributed by atoms with Crippen molar-refractivity contribution in [2.45, 2.75) is 6.54 Å². The molecule has 0 saturated heterocycles. The van der Waals surface area contributed by atoms with E-state index in [1.807, 2.05) is 0 Å². The van der Waals surface area contributed by atoms with Crippen molar-refractivity contribution in [1.29, 1.82) is 0 Å². The lowest BCUT2D eigenvalue weighted by Gasteiger charge is -2.00. The van der Waals surface area contributed by atoms with E-state index in [1.54, 1.807) is 6.07 Å². The Balaban J connectivity index is 3.16. The summed E-state index contributed by atoms with van der Waals surface area (Å²) in [6.45, 7) is 0.266. The van der Waals surface area contributed by atoms with E-state index >= 15 is 0 Å². The molecule has 0 saturated carbocycles. The van der Waals surface area contributed by atoms with Crippen molar-refractivity contribution in [2.75, 3.05) is 0 Å². The number of aromatic hydroxyl groups is 1. The zero-order chi connectivity index (χ0) is 8.27. The molecule has 3 heteroatoms. The number of benzene rings is 1. The maximum atomic E-state index is 10.4. The number of hydrogen-bond acceptors (Lipinski definition) is 3. The summed E-state index contributed by atoms with van der Waals surface area (Å²) in [4.78, 5) is 10.4. The molecule has 1 aromatic rings. The van der Waals surface area contributed by atoms with Crippen LogP contribution in [0.15, 0.2) is 18.2 Å². The highest BCUT2D eigenvalue weighted by Crippen LogP contribution is 2.14. The second-order valence-corrected chi connectivity index (χ2v) is 2.21. The lowest BCUT2D eigenvalue weighted by Crippen LogP contribution is -2.00. The van der Waals surface area contributed by atoms with Gasteiger partial charge in [0.05, 0.1) is 0 Å². The van der Waals surface area contributed by atoms with Crippen molar-refractivity contribution >= 4 is 6.29 Å². The van der Waals surface area contributed by atoms with E-state index in [0.29, 0.717) is 11.1 Å². The SMILES string of the molecule is NCc1cc(O)ccc1C=O. The number of aldehydes is 1. The van der Waals surface area contributed by atoms with E-state index in [-0.39, 0.29) is 12.3 Å². The summed E-state index contributed by atoms with van der Waals surface area (Å²) >= 11 is 0. The fourth-order valence-electron chi connectivity index (χ4n) is 0.884. The number of carbonyl (C=O) groups excluding carboxylic acids is 1. The summed E-state index contributed by atoms with van der Waals surface area (Å²) in [7, 11) is 0. The summed E-state index contributed by atoms with van der Waals surface area (Å²) in [5.74, 6) is 0.135. The highest BCUT2D eigenvalue weighted by atomic mass is 16.3. The largest absolute Gasteiger partial charge is 0.508 e. The van der Waals surface area contributed by atoms with Gasteiger partial charge in [0.15, 0.2) is 0 Å². The Morgan fingerprint density at radius 2 is 2.27 bits per heavy atom. The van der Waals surface area contributed by atoms with Gasteiger partial charge in [0, 0.05) is 12.1 Å². The Morgan fingerprint density at radius 3 is 2.82 bits per heavy atom. The van der Waals surface area contributed by atoms with Crippen LogP contribution in [-0.2, 0) is 6.54 Å². The van der Waals surface area contributed by atoms with Crippen LogP contribution >= 0.6 is 0 Å². The summed E-state index contributed by atoms with van der Waals surface area (Å²) in [5.41, 5.74) is 6.52. The maximum absolute atomic E-state index is 10.4. The molecule has 1 aromatic carbocycles. The Bertz CT molecular complexity index is 271. The van der Waals surface area contributed by atoms with Crippen LogP contribution < -0.4 is 5.73 Å². The molecule has 58 valence electrons. The van der Waals surface area contributed by atoms with E-state index in [0.717, 1.165) is 6.29 Å². The number of phenols is 1. The first-order chi connectivity index (χ1) is 5.27.